The number of anilines is 1. The fraction of sp³-hybridized carbons (Fsp3) is 0.0625. The Balaban J connectivity index is 2.03. The van der Waals surface area contributed by atoms with Crippen LogP contribution in [0, 0.1) is 0 Å². The SMILES string of the molecule is Nc1c(Br)cnn1C1c2ccccc2-c2ccccc21. The Morgan fingerprint density at radius 3 is 2.00 bits per heavy atom. The largest absolute Gasteiger partial charge is 0.383 e. The van der Waals surface area contributed by atoms with Gasteiger partial charge >= 0.3 is 0 Å². The van der Waals surface area contributed by atoms with E-state index in [9.17, 15) is 0 Å². The molecule has 20 heavy (non-hydrogen) atoms. The van der Waals surface area contributed by atoms with Gasteiger partial charge in [0, 0.05) is 0 Å². The van der Waals surface area contributed by atoms with Crippen LogP contribution in [0.4, 0.5) is 5.82 Å². The summed E-state index contributed by atoms with van der Waals surface area (Å²) >= 11 is 3.43. The molecule has 0 radical (unpaired) electrons. The van der Waals surface area contributed by atoms with Gasteiger partial charge in [0.05, 0.1) is 10.7 Å². The van der Waals surface area contributed by atoms with E-state index < -0.39 is 0 Å². The van der Waals surface area contributed by atoms with Gasteiger partial charge in [-0.15, -0.1) is 0 Å². The average molecular weight is 326 g/mol. The number of rotatable bonds is 1. The second-order valence-corrected chi connectivity index (χ2v) is 5.75. The van der Waals surface area contributed by atoms with Crippen molar-refractivity contribution < 1.29 is 0 Å². The molecule has 0 fully saturated rings. The molecule has 2 N–H and O–H groups in total. The molecule has 0 unspecified atom stereocenters. The number of nitrogens with zero attached hydrogens (tertiary/aromatic N) is 2. The highest BCUT2D eigenvalue weighted by atomic mass is 79.9. The van der Waals surface area contributed by atoms with Gasteiger partial charge in [0.15, 0.2) is 0 Å². The number of hydrogen-bond donors (Lipinski definition) is 1. The molecule has 98 valence electrons. The Kier molecular flexibility index (Phi) is 2.47. The predicted octanol–water partition coefficient (Wildman–Crippen LogP) is 3.85. The highest BCUT2D eigenvalue weighted by molar-refractivity contribution is 9.10. The highest BCUT2D eigenvalue weighted by Crippen LogP contribution is 2.46. The Hall–Kier alpha value is -2.07. The van der Waals surface area contributed by atoms with Crippen LogP contribution in [0.1, 0.15) is 17.2 Å². The molecule has 1 heterocycles. The van der Waals surface area contributed by atoms with Crippen LogP contribution >= 0.6 is 15.9 Å². The lowest BCUT2D eigenvalue weighted by molar-refractivity contribution is 0.615. The van der Waals surface area contributed by atoms with Crippen molar-refractivity contribution >= 4 is 21.7 Å². The standard InChI is InChI=1S/C16H12BrN3/c17-14-9-19-20(16(14)18)15-12-7-3-1-5-10(12)11-6-2-4-8-13(11)15/h1-9,15H,18H2. The van der Waals surface area contributed by atoms with Gasteiger partial charge < -0.3 is 5.73 Å². The van der Waals surface area contributed by atoms with Crippen LogP contribution in [0.2, 0.25) is 0 Å². The fourth-order valence-electron chi connectivity index (χ4n) is 2.95. The zero-order valence-corrected chi connectivity index (χ0v) is 12.2. The topological polar surface area (TPSA) is 43.8 Å². The van der Waals surface area contributed by atoms with Crippen LogP contribution in [0.15, 0.2) is 59.2 Å². The number of halogens is 1. The van der Waals surface area contributed by atoms with Crippen LogP contribution in [-0.4, -0.2) is 9.78 Å². The molecule has 0 saturated carbocycles. The Morgan fingerprint density at radius 1 is 0.950 bits per heavy atom. The Bertz CT molecular complexity index is 761. The maximum atomic E-state index is 6.15. The van der Waals surface area contributed by atoms with Crippen molar-refractivity contribution in [2.24, 2.45) is 0 Å². The van der Waals surface area contributed by atoms with Crippen LogP contribution in [-0.2, 0) is 0 Å². The van der Waals surface area contributed by atoms with E-state index in [4.69, 9.17) is 5.73 Å². The van der Waals surface area contributed by atoms with Gasteiger partial charge in [0.2, 0.25) is 0 Å². The van der Waals surface area contributed by atoms with E-state index in [0.29, 0.717) is 5.82 Å². The van der Waals surface area contributed by atoms with Gasteiger partial charge in [0.1, 0.15) is 11.9 Å². The number of aromatic nitrogens is 2. The predicted molar refractivity (Wildman–Crippen MR) is 83.5 cm³/mol. The summed E-state index contributed by atoms with van der Waals surface area (Å²) in [6, 6.07) is 16.9. The molecule has 4 heteroatoms. The molecule has 0 amide bonds. The molecule has 2 aromatic carbocycles. The number of benzene rings is 2. The Morgan fingerprint density at radius 2 is 1.50 bits per heavy atom. The lowest BCUT2D eigenvalue weighted by Gasteiger charge is -2.16. The first-order valence-corrected chi connectivity index (χ1v) is 7.23. The minimum Gasteiger partial charge on any atom is -0.383 e. The third-order valence-electron chi connectivity index (χ3n) is 3.83. The van der Waals surface area contributed by atoms with Crippen molar-refractivity contribution in [2.45, 2.75) is 6.04 Å². The molecule has 1 aliphatic carbocycles. The van der Waals surface area contributed by atoms with Gasteiger partial charge in [-0.05, 0) is 38.2 Å². The monoisotopic (exact) mass is 325 g/mol. The van der Waals surface area contributed by atoms with E-state index >= 15 is 0 Å². The van der Waals surface area contributed by atoms with Crippen molar-refractivity contribution in [3.05, 3.63) is 70.3 Å². The third-order valence-corrected chi connectivity index (χ3v) is 4.44. The van der Waals surface area contributed by atoms with E-state index in [1.54, 1.807) is 6.20 Å². The van der Waals surface area contributed by atoms with E-state index in [1.165, 1.54) is 22.3 Å². The van der Waals surface area contributed by atoms with Crippen molar-refractivity contribution in [3.8, 4) is 11.1 Å². The van der Waals surface area contributed by atoms with Crippen LogP contribution in [0.3, 0.4) is 0 Å². The minimum atomic E-state index is 0.0497. The lowest BCUT2D eigenvalue weighted by Crippen LogP contribution is -2.13. The first kappa shape index (κ1) is 11.7. The fourth-order valence-corrected chi connectivity index (χ4v) is 3.22. The lowest BCUT2D eigenvalue weighted by atomic mass is 10.1. The molecule has 3 nitrogen and oxygen atoms in total. The summed E-state index contributed by atoms with van der Waals surface area (Å²) in [6.07, 6.45) is 1.75. The van der Waals surface area contributed by atoms with Gasteiger partial charge in [-0.1, -0.05) is 48.5 Å². The second kappa shape index (κ2) is 4.21. The molecular weight excluding hydrogens is 314 g/mol. The van der Waals surface area contributed by atoms with Gasteiger partial charge in [0.25, 0.3) is 0 Å². The third kappa shape index (κ3) is 1.48. The smallest absolute Gasteiger partial charge is 0.137 e. The maximum Gasteiger partial charge on any atom is 0.137 e. The number of nitrogens with two attached hydrogens (primary N) is 1. The molecular formula is C16H12BrN3. The molecule has 1 aromatic heterocycles. The number of fused-ring (bicyclic) bond motifs is 3. The summed E-state index contributed by atoms with van der Waals surface area (Å²) in [5, 5.41) is 4.44. The van der Waals surface area contributed by atoms with Crippen molar-refractivity contribution in [1.82, 2.24) is 9.78 Å². The van der Waals surface area contributed by atoms with E-state index in [-0.39, 0.29) is 6.04 Å². The van der Waals surface area contributed by atoms with Crippen molar-refractivity contribution in [2.75, 3.05) is 5.73 Å². The van der Waals surface area contributed by atoms with E-state index in [1.807, 2.05) is 4.68 Å². The summed E-state index contributed by atoms with van der Waals surface area (Å²) in [5.74, 6) is 0.654. The van der Waals surface area contributed by atoms with Gasteiger partial charge in [-0.3, -0.25) is 0 Å². The van der Waals surface area contributed by atoms with Crippen LogP contribution in [0.25, 0.3) is 11.1 Å². The average Bonchev–Trinajstić information content (AvgIpc) is 2.98. The summed E-state index contributed by atoms with van der Waals surface area (Å²) in [6.45, 7) is 0. The Labute approximate surface area is 125 Å². The summed E-state index contributed by atoms with van der Waals surface area (Å²) in [5.41, 5.74) is 11.2. The normalized spacial score (nSPS) is 13.2. The zero-order valence-electron chi connectivity index (χ0n) is 10.6. The first-order valence-electron chi connectivity index (χ1n) is 6.44. The molecule has 0 aliphatic heterocycles. The van der Waals surface area contributed by atoms with E-state index in [2.05, 4.69) is 69.6 Å². The molecule has 0 bridgehead atoms. The van der Waals surface area contributed by atoms with E-state index in [0.717, 1.165) is 4.47 Å². The highest BCUT2D eigenvalue weighted by Gasteiger charge is 2.31. The second-order valence-electron chi connectivity index (χ2n) is 4.90. The van der Waals surface area contributed by atoms with Crippen LogP contribution < -0.4 is 5.73 Å². The van der Waals surface area contributed by atoms with Crippen molar-refractivity contribution in [1.29, 1.82) is 0 Å². The number of nitrogen functional groups attached to an aromatic ring is 1. The molecule has 3 aromatic rings. The summed E-state index contributed by atoms with van der Waals surface area (Å²) in [7, 11) is 0. The molecule has 0 saturated heterocycles. The van der Waals surface area contributed by atoms with Gasteiger partial charge in [-0.25, -0.2) is 4.68 Å². The number of hydrogen-bond acceptors (Lipinski definition) is 2. The minimum absolute atomic E-state index is 0.0497. The summed E-state index contributed by atoms with van der Waals surface area (Å²) < 4.78 is 2.72. The van der Waals surface area contributed by atoms with Gasteiger partial charge in [-0.2, -0.15) is 5.10 Å². The van der Waals surface area contributed by atoms with Crippen LogP contribution in [0.5, 0.6) is 0 Å². The molecule has 1 aliphatic rings. The molecule has 0 atom stereocenters. The van der Waals surface area contributed by atoms with Crippen molar-refractivity contribution in [3.63, 3.8) is 0 Å². The quantitative estimate of drug-likeness (QED) is 0.577. The first-order chi connectivity index (χ1) is 9.77. The molecule has 0 spiro atoms. The maximum absolute atomic E-state index is 6.15. The summed E-state index contributed by atoms with van der Waals surface area (Å²) in [4.78, 5) is 0. The zero-order chi connectivity index (χ0) is 13.7. The molecule has 4 rings (SSSR count).